The summed E-state index contributed by atoms with van der Waals surface area (Å²) in [4.78, 5) is 49.2. The van der Waals surface area contributed by atoms with Gasteiger partial charge in [0.2, 0.25) is 5.95 Å². The fraction of sp³-hybridized carbons (Fsp3) is 0.286. The van der Waals surface area contributed by atoms with E-state index in [9.17, 15) is 27.6 Å². The molecule has 4 aromatic rings. The molecule has 0 radical (unpaired) electrons. The number of halogens is 5. The smallest absolute Gasteiger partial charge is 0.355 e. The molecule has 0 saturated heterocycles. The van der Waals surface area contributed by atoms with Gasteiger partial charge < -0.3 is 15.5 Å². The highest BCUT2D eigenvalue weighted by Gasteiger charge is 2.42. The van der Waals surface area contributed by atoms with Gasteiger partial charge >= 0.3 is 6.18 Å². The first-order valence-corrected chi connectivity index (χ1v) is 14.0. The molecule has 3 heterocycles. The molecule has 5 rings (SSSR count). The third kappa shape index (κ3) is 6.13. The van der Waals surface area contributed by atoms with Crippen molar-refractivity contribution in [1.82, 2.24) is 34.5 Å². The Hall–Kier alpha value is -4.43. The molecule has 1 unspecified atom stereocenters. The average molecular weight is 649 g/mol. The molecule has 16 heteroatoms. The number of fused-ring (bicyclic) bond motifs is 1. The summed E-state index contributed by atoms with van der Waals surface area (Å²) in [5.41, 5.74) is 0.873. The number of nitrogens with zero attached hydrogens (tertiary/aromatic N) is 6. The van der Waals surface area contributed by atoms with Gasteiger partial charge in [0.15, 0.2) is 6.04 Å². The minimum atomic E-state index is -4.71. The van der Waals surface area contributed by atoms with Crippen LogP contribution in [0.1, 0.15) is 44.9 Å². The summed E-state index contributed by atoms with van der Waals surface area (Å²) in [5, 5.41) is 9.29. The summed E-state index contributed by atoms with van der Waals surface area (Å²) in [6.07, 6.45) is -2.65. The zero-order valence-electron chi connectivity index (χ0n) is 23.3. The van der Waals surface area contributed by atoms with Gasteiger partial charge in [-0.15, -0.1) is 0 Å². The van der Waals surface area contributed by atoms with E-state index in [1.807, 2.05) is 0 Å². The molecule has 0 spiro atoms. The molecule has 0 saturated carbocycles. The fourth-order valence-corrected chi connectivity index (χ4v) is 5.21. The molecule has 2 amide bonds. The molecule has 1 aliphatic heterocycles. The largest absolute Gasteiger partial charge is 0.412 e. The first-order chi connectivity index (χ1) is 20.9. The van der Waals surface area contributed by atoms with Gasteiger partial charge in [-0.25, -0.2) is 19.2 Å². The van der Waals surface area contributed by atoms with Crippen LogP contribution in [0, 0.1) is 0 Å². The summed E-state index contributed by atoms with van der Waals surface area (Å²) in [5.74, 6) is -0.921. The Morgan fingerprint density at radius 2 is 1.80 bits per heavy atom. The van der Waals surface area contributed by atoms with Crippen LogP contribution in [0.25, 0.3) is 5.69 Å². The standard InChI is InChI=1S/C28H25Cl2F3N8O3/c1-15-9-19-22(12-39(15)25(43)17-5-8-20(29)21(30)10-17)38-27(36-11-23(28(31,32)33)40-14-35-13-37-40)41(26(19)44)18-6-3-16(4-7-18)24(42)34-2/h3-8,10,13-15,23H,9,11-12H2,1-2H3,(H,34,42)(H,36,38)/t15-,23?/m1/s1. The van der Waals surface area contributed by atoms with Crippen LogP contribution >= 0.6 is 23.2 Å². The lowest BCUT2D eigenvalue weighted by molar-refractivity contribution is -0.166. The molecule has 0 fully saturated rings. The van der Waals surface area contributed by atoms with Crippen molar-refractivity contribution in [2.75, 3.05) is 18.9 Å². The minimum absolute atomic E-state index is 0.0816. The number of carbonyl (C=O) groups is 2. The number of amides is 2. The number of benzene rings is 2. The van der Waals surface area contributed by atoms with Gasteiger partial charge in [-0.3, -0.25) is 14.4 Å². The van der Waals surface area contributed by atoms with Crippen molar-refractivity contribution in [2.24, 2.45) is 0 Å². The van der Waals surface area contributed by atoms with Gasteiger partial charge in [0, 0.05) is 36.3 Å². The summed E-state index contributed by atoms with van der Waals surface area (Å²) < 4.78 is 43.8. The number of anilines is 1. The third-order valence-corrected chi connectivity index (χ3v) is 7.98. The van der Waals surface area contributed by atoms with E-state index in [1.165, 1.54) is 54.4 Å². The molecular formula is C28H25Cl2F3N8O3. The van der Waals surface area contributed by atoms with Crippen LogP contribution in [-0.4, -0.2) is 66.8 Å². The van der Waals surface area contributed by atoms with Gasteiger partial charge in [0.25, 0.3) is 17.4 Å². The first-order valence-electron chi connectivity index (χ1n) is 13.3. The highest BCUT2D eigenvalue weighted by atomic mass is 35.5. The lowest BCUT2D eigenvalue weighted by atomic mass is 9.98. The molecule has 44 heavy (non-hydrogen) atoms. The van der Waals surface area contributed by atoms with Crippen molar-refractivity contribution in [3.05, 3.63) is 97.9 Å². The molecule has 230 valence electrons. The van der Waals surface area contributed by atoms with Crippen molar-refractivity contribution in [1.29, 1.82) is 0 Å². The molecule has 2 N–H and O–H groups in total. The van der Waals surface area contributed by atoms with Crippen LogP contribution in [0.5, 0.6) is 0 Å². The summed E-state index contributed by atoms with van der Waals surface area (Å²) in [7, 11) is 1.47. The lowest BCUT2D eigenvalue weighted by Crippen LogP contribution is -2.46. The van der Waals surface area contributed by atoms with Crippen LogP contribution in [-0.2, 0) is 13.0 Å². The number of aromatic nitrogens is 5. The van der Waals surface area contributed by atoms with Gasteiger partial charge in [0.05, 0.1) is 28.0 Å². The van der Waals surface area contributed by atoms with Crippen LogP contribution in [0.3, 0.4) is 0 Å². The highest BCUT2D eigenvalue weighted by molar-refractivity contribution is 6.42. The number of hydrogen-bond acceptors (Lipinski definition) is 7. The van der Waals surface area contributed by atoms with E-state index in [0.29, 0.717) is 15.8 Å². The van der Waals surface area contributed by atoms with Crippen molar-refractivity contribution in [3.8, 4) is 5.69 Å². The van der Waals surface area contributed by atoms with Gasteiger partial charge in [-0.1, -0.05) is 23.2 Å². The monoisotopic (exact) mass is 648 g/mol. The highest BCUT2D eigenvalue weighted by Crippen LogP contribution is 2.31. The Kier molecular flexibility index (Phi) is 8.66. The second kappa shape index (κ2) is 12.3. The molecule has 2 atom stereocenters. The van der Waals surface area contributed by atoms with E-state index in [1.54, 1.807) is 6.92 Å². The maximum absolute atomic E-state index is 14.0. The Balaban J connectivity index is 1.56. The zero-order valence-corrected chi connectivity index (χ0v) is 24.8. The van der Waals surface area contributed by atoms with E-state index in [-0.39, 0.29) is 57.7 Å². The van der Waals surface area contributed by atoms with Crippen LogP contribution < -0.4 is 16.2 Å². The normalized spacial score (nSPS) is 15.4. The predicted octanol–water partition coefficient (Wildman–Crippen LogP) is 4.29. The van der Waals surface area contributed by atoms with E-state index in [2.05, 4.69) is 25.7 Å². The summed E-state index contributed by atoms with van der Waals surface area (Å²) >= 11 is 12.1. The van der Waals surface area contributed by atoms with Crippen molar-refractivity contribution < 1.29 is 22.8 Å². The topological polar surface area (TPSA) is 127 Å². The van der Waals surface area contributed by atoms with E-state index in [0.717, 1.165) is 17.2 Å². The van der Waals surface area contributed by atoms with Crippen molar-refractivity contribution in [3.63, 3.8) is 0 Å². The maximum Gasteiger partial charge on any atom is 0.412 e. The van der Waals surface area contributed by atoms with E-state index in [4.69, 9.17) is 23.2 Å². The molecule has 0 aliphatic carbocycles. The number of alkyl halides is 3. The van der Waals surface area contributed by atoms with Gasteiger partial charge in [0.1, 0.15) is 12.7 Å². The zero-order chi connectivity index (χ0) is 31.8. The van der Waals surface area contributed by atoms with Crippen LogP contribution in [0.15, 0.2) is 59.9 Å². The molecular weight excluding hydrogens is 624 g/mol. The maximum atomic E-state index is 14.0. The number of hydrogen-bond donors (Lipinski definition) is 2. The van der Waals surface area contributed by atoms with Crippen LogP contribution in [0.2, 0.25) is 10.0 Å². The molecule has 1 aliphatic rings. The molecule has 0 bridgehead atoms. The Morgan fingerprint density at radius 1 is 1.09 bits per heavy atom. The fourth-order valence-electron chi connectivity index (χ4n) is 4.92. The summed E-state index contributed by atoms with van der Waals surface area (Å²) in [6, 6.07) is 7.87. The molecule has 11 nitrogen and oxygen atoms in total. The Labute approximate surface area is 258 Å². The third-order valence-electron chi connectivity index (χ3n) is 7.24. The van der Waals surface area contributed by atoms with Crippen LogP contribution in [0.4, 0.5) is 19.1 Å². The molecule has 2 aromatic heterocycles. The molecule has 2 aromatic carbocycles. The summed E-state index contributed by atoms with van der Waals surface area (Å²) in [6.45, 7) is 0.955. The van der Waals surface area contributed by atoms with E-state index < -0.39 is 30.4 Å². The SMILES string of the molecule is CNC(=O)c1ccc(-n2c(NCC(n3cncn3)C(F)(F)F)nc3c(c2=O)C[C@@H](C)N(C(=O)c2ccc(Cl)c(Cl)c2)C3)cc1. The van der Waals surface area contributed by atoms with E-state index >= 15 is 0 Å². The minimum Gasteiger partial charge on any atom is -0.355 e. The van der Waals surface area contributed by atoms with Crippen molar-refractivity contribution >= 4 is 41.0 Å². The number of carbonyl (C=O) groups excluding carboxylic acids is 2. The quantitative estimate of drug-likeness (QED) is 0.306. The predicted molar refractivity (Wildman–Crippen MR) is 156 cm³/mol. The average Bonchev–Trinajstić information content (AvgIpc) is 3.52. The lowest BCUT2D eigenvalue weighted by Gasteiger charge is -2.34. The second-order valence-electron chi connectivity index (χ2n) is 10.1. The Morgan fingerprint density at radius 3 is 2.41 bits per heavy atom. The van der Waals surface area contributed by atoms with Gasteiger partial charge in [-0.05, 0) is 55.8 Å². The van der Waals surface area contributed by atoms with Gasteiger partial charge in [-0.2, -0.15) is 18.3 Å². The number of nitrogens with one attached hydrogen (secondary N) is 2. The van der Waals surface area contributed by atoms with Crippen molar-refractivity contribution in [2.45, 2.75) is 38.1 Å². The number of rotatable bonds is 7. The second-order valence-corrected chi connectivity index (χ2v) is 10.9. The Bertz CT molecular complexity index is 1760. The first kappa shape index (κ1) is 31.0.